The van der Waals surface area contributed by atoms with Crippen molar-refractivity contribution in [1.29, 1.82) is 0 Å². The molecule has 0 aliphatic carbocycles. The summed E-state index contributed by atoms with van der Waals surface area (Å²) >= 11 is 5.46. The molecule has 0 aliphatic heterocycles. The zero-order valence-corrected chi connectivity index (χ0v) is 14.2. The van der Waals surface area contributed by atoms with Gasteiger partial charge in [-0.1, -0.05) is 48.9 Å². The van der Waals surface area contributed by atoms with E-state index in [9.17, 15) is 0 Å². The fourth-order valence-electron chi connectivity index (χ4n) is 2.14. The number of nitrogens with two attached hydrogens (primary N) is 1. The molecule has 2 aromatic carbocycles. The maximum absolute atomic E-state index is 6.36. The van der Waals surface area contributed by atoms with Gasteiger partial charge in [0.1, 0.15) is 0 Å². The average Bonchev–Trinajstić information content (AvgIpc) is 2.45. The Labute approximate surface area is 134 Å². The van der Waals surface area contributed by atoms with Crippen LogP contribution in [0.4, 0.5) is 0 Å². The molecule has 2 atom stereocenters. The largest absolute Gasteiger partial charge is 0.326 e. The summed E-state index contributed by atoms with van der Waals surface area (Å²) in [6.45, 7) is 4.27. The molecule has 20 heavy (non-hydrogen) atoms. The highest BCUT2D eigenvalue weighted by Crippen LogP contribution is 2.41. The van der Waals surface area contributed by atoms with Gasteiger partial charge in [0, 0.05) is 20.7 Å². The number of hydrogen-bond acceptors (Lipinski definition) is 2. The molecule has 0 amide bonds. The van der Waals surface area contributed by atoms with Crippen LogP contribution in [0, 0.1) is 6.92 Å². The number of halogens is 1. The Hall–Kier alpha value is -0.770. The molecular formula is C17H20BrNS. The van der Waals surface area contributed by atoms with Crippen LogP contribution < -0.4 is 5.73 Å². The van der Waals surface area contributed by atoms with E-state index in [2.05, 4.69) is 72.2 Å². The average molecular weight is 350 g/mol. The van der Waals surface area contributed by atoms with Crippen molar-refractivity contribution in [1.82, 2.24) is 0 Å². The van der Waals surface area contributed by atoms with Crippen molar-refractivity contribution >= 4 is 27.7 Å². The smallest absolute Gasteiger partial charge is 0.0495 e. The molecule has 2 N–H and O–H groups in total. The first-order valence-electron chi connectivity index (χ1n) is 6.85. The lowest BCUT2D eigenvalue weighted by molar-refractivity contribution is 0.634. The molecule has 0 aliphatic rings. The van der Waals surface area contributed by atoms with Crippen molar-refractivity contribution in [2.45, 2.75) is 36.5 Å². The molecule has 2 rings (SSSR count). The van der Waals surface area contributed by atoms with Crippen LogP contribution >= 0.6 is 27.7 Å². The van der Waals surface area contributed by atoms with Gasteiger partial charge in [0.2, 0.25) is 0 Å². The summed E-state index contributed by atoms with van der Waals surface area (Å²) in [6, 6.07) is 17.1. The van der Waals surface area contributed by atoms with Crippen molar-refractivity contribution in [2.24, 2.45) is 5.73 Å². The van der Waals surface area contributed by atoms with Crippen molar-refractivity contribution in [3.05, 3.63) is 64.1 Å². The predicted octanol–water partition coefficient (Wildman–Crippen LogP) is 5.33. The van der Waals surface area contributed by atoms with Gasteiger partial charge in [-0.05, 0) is 47.0 Å². The highest BCUT2D eigenvalue weighted by molar-refractivity contribution is 9.10. The number of thioether (sulfide) groups is 1. The molecule has 0 saturated carbocycles. The lowest BCUT2D eigenvalue weighted by atomic mass is 10.0. The zero-order valence-electron chi connectivity index (χ0n) is 11.8. The van der Waals surface area contributed by atoms with Crippen LogP contribution in [0.1, 0.15) is 29.7 Å². The molecule has 0 radical (unpaired) electrons. The van der Waals surface area contributed by atoms with E-state index in [-0.39, 0.29) is 11.3 Å². The highest BCUT2D eigenvalue weighted by atomic mass is 79.9. The lowest BCUT2D eigenvalue weighted by Gasteiger charge is -2.24. The third-order valence-electron chi connectivity index (χ3n) is 3.32. The standard InChI is InChI=1S/C17H20BrNS/c1-3-15(19)17(13-8-6-7-12(2)11-13)20-16-10-5-4-9-14(16)18/h4-11,15,17H,3,19H2,1-2H3. The van der Waals surface area contributed by atoms with Crippen molar-refractivity contribution in [3.8, 4) is 0 Å². The van der Waals surface area contributed by atoms with E-state index in [0.717, 1.165) is 10.9 Å². The van der Waals surface area contributed by atoms with Crippen LogP contribution in [0.25, 0.3) is 0 Å². The minimum Gasteiger partial charge on any atom is -0.326 e. The van der Waals surface area contributed by atoms with Crippen LogP contribution in [0.15, 0.2) is 57.9 Å². The van der Waals surface area contributed by atoms with Crippen molar-refractivity contribution < 1.29 is 0 Å². The Bertz CT molecular complexity index is 570. The number of hydrogen-bond donors (Lipinski definition) is 1. The first-order chi connectivity index (χ1) is 9.61. The summed E-state index contributed by atoms with van der Waals surface area (Å²) in [6.07, 6.45) is 0.968. The van der Waals surface area contributed by atoms with E-state index in [4.69, 9.17) is 5.73 Å². The molecule has 2 unspecified atom stereocenters. The van der Waals surface area contributed by atoms with E-state index in [1.165, 1.54) is 16.0 Å². The quantitative estimate of drug-likeness (QED) is 0.738. The van der Waals surface area contributed by atoms with Crippen LogP contribution in [0.2, 0.25) is 0 Å². The normalized spacial score (nSPS) is 14.0. The van der Waals surface area contributed by atoms with Crippen molar-refractivity contribution in [2.75, 3.05) is 0 Å². The fraction of sp³-hybridized carbons (Fsp3) is 0.294. The van der Waals surface area contributed by atoms with Gasteiger partial charge in [-0.2, -0.15) is 0 Å². The second-order valence-corrected chi connectivity index (χ2v) is 6.99. The van der Waals surface area contributed by atoms with Crippen molar-refractivity contribution in [3.63, 3.8) is 0 Å². The highest BCUT2D eigenvalue weighted by Gasteiger charge is 2.20. The third-order valence-corrected chi connectivity index (χ3v) is 5.76. The molecule has 0 saturated heterocycles. The van der Waals surface area contributed by atoms with Gasteiger partial charge < -0.3 is 5.73 Å². The molecule has 106 valence electrons. The van der Waals surface area contributed by atoms with E-state index in [1.807, 2.05) is 17.8 Å². The fourth-order valence-corrected chi connectivity index (χ4v) is 3.97. The molecular weight excluding hydrogens is 330 g/mol. The van der Waals surface area contributed by atoms with E-state index < -0.39 is 0 Å². The first kappa shape index (κ1) is 15.6. The van der Waals surface area contributed by atoms with Gasteiger partial charge >= 0.3 is 0 Å². The van der Waals surface area contributed by atoms with Crippen LogP contribution in [0.5, 0.6) is 0 Å². The minimum atomic E-state index is 0.147. The molecule has 1 nitrogen and oxygen atoms in total. The van der Waals surface area contributed by atoms with E-state index in [1.54, 1.807) is 0 Å². The van der Waals surface area contributed by atoms with Gasteiger partial charge in [0.25, 0.3) is 0 Å². The second kappa shape index (κ2) is 7.30. The van der Waals surface area contributed by atoms with Gasteiger partial charge in [0.05, 0.1) is 0 Å². The lowest BCUT2D eigenvalue weighted by Crippen LogP contribution is -2.25. The summed E-state index contributed by atoms with van der Waals surface area (Å²) in [5, 5.41) is 0.276. The van der Waals surface area contributed by atoms with Crippen LogP contribution in [-0.4, -0.2) is 6.04 Å². The number of aryl methyl sites for hydroxylation is 1. The van der Waals surface area contributed by atoms with E-state index in [0.29, 0.717) is 0 Å². The topological polar surface area (TPSA) is 26.0 Å². The first-order valence-corrected chi connectivity index (χ1v) is 8.52. The maximum atomic E-state index is 6.36. The monoisotopic (exact) mass is 349 g/mol. The summed E-state index contributed by atoms with van der Waals surface area (Å²) in [5.41, 5.74) is 8.95. The Balaban J connectivity index is 2.31. The SMILES string of the molecule is CCC(N)C(Sc1ccccc1Br)c1cccc(C)c1. The molecule has 0 aromatic heterocycles. The molecule has 0 bridgehead atoms. The van der Waals surface area contributed by atoms with Crippen LogP contribution in [0.3, 0.4) is 0 Å². The predicted molar refractivity (Wildman–Crippen MR) is 92.2 cm³/mol. The van der Waals surface area contributed by atoms with Gasteiger partial charge in [-0.25, -0.2) is 0 Å². The van der Waals surface area contributed by atoms with Gasteiger partial charge in [-0.3, -0.25) is 0 Å². The third kappa shape index (κ3) is 3.87. The number of benzene rings is 2. The molecule has 2 aromatic rings. The summed E-state index contributed by atoms with van der Waals surface area (Å²) in [7, 11) is 0. The van der Waals surface area contributed by atoms with Gasteiger partial charge in [0.15, 0.2) is 0 Å². The molecule has 0 heterocycles. The Morgan fingerprint density at radius 1 is 1.15 bits per heavy atom. The Morgan fingerprint density at radius 2 is 1.90 bits per heavy atom. The minimum absolute atomic E-state index is 0.147. The Morgan fingerprint density at radius 3 is 2.55 bits per heavy atom. The van der Waals surface area contributed by atoms with Gasteiger partial charge in [-0.15, -0.1) is 11.8 Å². The Kier molecular flexibility index (Phi) is 5.70. The molecule has 0 spiro atoms. The summed E-state index contributed by atoms with van der Waals surface area (Å²) < 4.78 is 1.13. The molecule has 3 heteroatoms. The van der Waals surface area contributed by atoms with E-state index >= 15 is 0 Å². The molecule has 0 fully saturated rings. The summed E-state index contributed by atoms with van der Waals surface area (Å²) in [5.74, 6) is 0. The second-order valence-electron chi connectivity index (χ2n) is 4.96. The van der Waals surface area contributed by atoms with Crippen LogP contribution in [-0.2, 0) is 0 Å². The number of rotatable bonds is 5. The zero-order chi connectivity index (χ0) is 14.5. The maximum Gasteiger partial charge on any atom is 0.0495 e. The summed E-state index contributed by atoms with van der Waals surface area (Å²) in [4.78, 5) is 1.24.